The number of morpholine rings is 1. The molecule has 1 atom stereocenters. The summed E-state index contributed by atoms with van der Waals surface area (Å²) in [6.45, 7) is 3.93. The zero-order valence-corrected chi connectivity index (χ0v) is 9.88. The van der Waals surface area contributed by atoms with Crippen molar-refractivity contribution >= 4 is 5.97 Å². The molecule has 1 fully saturated rings. The molecule has 0 spiro atoms. The Morgan fingerprint density at radius 2 is 2.41 bits per heavy atom. The van der Waals surface area contributed by atoms with Gasteiger partial charge in [-0.3, -0.25) is 0 Å². The number of aromatic nitrogens is 2. The summed E-state index contributed by atoms with van der Waals surface area (Å²) >= 11 is 0. The third kappa shape index (κ3) is 2.59. The SMILES string of the molecule is Cc1nc(C2CN(C)CCO2)ncc1C(=O)O. The van der Waals surface area contributed by atoms with Gasteiger partial charge in [0.2, 0.25) is 0 Å². The van der Waals surface area contributed by atoms with Crippen LogP contribution in [-0.2, 0) is 4.74 Å². The van der Waals surface area contributed by atoms with Crippen LogP contribution >= 0.6 is 0 Å². The van der Waals surface area contributed by atoms with Crippen molar-refractivity contribution in [1.82, 2.24) is 14.9 Å². The highest BCUT2D eigenvalue weighted by molar-refractivity contribution is 5.88. The lowest BCUT2D eigenvalue weighted by Gasteiger charge is -2.29. The van der Waals surface area contributed by atoms with Crippen molar-refractivity contribution in [3.63, 3.8) is 0 Å². The molecule has 6 nitrogen and oxygen atoms in total. The maximum atomic E-state index is 10.8. The highest BCUT2D eigenvalue weighted by Crippen LogP contribution is 2.18. The Bertz CT molecular complexity index is 436. The highest BCUT2D eigenvalue weighted by Gasteiger charge is 2.23. The normalized spacial score (nSPS) is 21.4. The summed E-state index contributed by atoms with van der Waals surface area (Å²) in [5, 5.41) is 8.89. The van der Waals surface area contributed by atoms with Crippen molar-refractivity contribution in [2.24, 2.45) is 0 Å². The van der Waals surface area contributed by atoms with Gasteiger partial charge in [-0.15, -0.1) is 0 Å². The quantitative estimate of drug-likeness (QED) is 0.806. The molecular formula is C11H15N3O3. The third-order valence-corrected chi connectivity index (χ3v) is 2.79. The molecule has 1 saturated heterocycles. The standard InChI is InChI=1S/C11H15N3O3/c1-7-8(11(15)16)5-12-10(13-7)9-6-14(2)3-4-17-9/h5,9H,3-4,6H2,1-2H3,(H,15,16). The van der Waals surface area contributed by atoms with Gasteiger partial charge in [0.05, 0.1) is 17.9 Å². The fourth-order valence-corrected chi connectivity index (χ4v) is 1.78. The van der Waals surface area contributed by atoms with E-state index in [9.17, 15) is 4.79 Å². The second kappa shape index (κ2) is 4.77. The second-order valence-electron chi connectivity index (χ2n) is 4.15. The lowest BCUT2D eigenvalue weighted by atomic mass is 10.2. The van der Waals surface area contributed by atoms with E-state index in [-0.39, 0.29) is 11.7 Å². The van der Waals surface area contributed by atoms with E-state index < -0.39 is 5.97 Å². The fraction of sp³-hybridized carbons (Fsp3) is 0.545. The molecule has 0 aromatic carbocycles. The van der Waals surface area contributed by atoms with Crippen LogP contribution in [0.15, 0.2) is 6.20 Å². The molecule has 0 radical (unpaired) electrons. The number of rotatable bonds is 2. The van der Waals surface area contributed by atoms with E-state index in [1.54, 1.807) is 6.92 Å². The molecule has 0 saturated carbocycles. The molecule has 0 bridgehead atoms. The Kier molecular flexibility index (Phi) is 3.35. The van der Waals surface area contributed by atoms with E-state index >= 15 is 0 Å². The zero-order chi connectivity index (χ0) is 12.4. The fourth-order valence-electron chi connectivity index (χ4n) is 1.78. The summed E-state index contributed by atoms with van der Waals surface area (Å²) < 4.78 is 5.58. The molecule has 1 aliphatic heterocycles. The molecule has 92 valence electrons. The summed E-state index contributed by atoms with van der Waals surface area (Å²) in [6, 6.07) is 0. The first kappa shape index (κ1) is 11.9. The van der Waals surface area contributed by atoms with Gasteiger partial charge >= 0.3 is 5.97 Å². The van der Waals surface area contributed by atoms with Crippen LogP contribution in [0.25, 0.3) is 0 Å². The van der Waals surface area contributed by atoms with Crippen LogP contribution in [0, 0.1) is 6.92 Å². The first-order chi connectivity index (χ1) is 8.08. The molecule has 1 aliphatic rings. The van der Waals surface area contributed by atoms with E-state index in [2.05, 4.69) is 14.9 Å². The predicted molar refractivity (Wildman–Crippen MR) is 59.9 cm³/mol. The number of likely N-dealkylation sites (N-methyl/N-ethyl adjacent to an activating group) is 1. The van der Waals surface area contributed by atoms with Gasteiger partial charge in [0.25, 0.3) is 0 Å². The first-order valence-electron chi connectivity index (χ1n) is 5.45. The number of aryl methyl sites for hydroxylation is 1. The minimum Gasteiger partial charge on any atom is -0.478 e. The summed E-state index contributed by atoms with van der Waals surface area (Å²) in [5.74, 6) is -0.449. The number of nitrogens with zero attached hydrogens (tertiary/aromatic N) is 3. The number of aromatic carboxylic acids is 1. The Labute approximate surface area is 99.2 Å². The summed E-state index contributed by atoms with van der Waals surface area (Å²) in [5.41, 5.74) is 0.609. The molecule has 1 N–H and O–H groups in total. The van der Waals surface area contributed by atoms with E-state index in [0.29, 0.717) is 18.1 Å². The molecule has 2 heterocycles. The number of hydrogen-bond acceptors (Lipinski definition) is 5. The monoisotopic (exact) mass is 237 g/mol. The molecular weight excluding hydrogens is 222 g/mol. The van der Waals surface area contributed by atoms with Crippen LogP contribution in [0.4, 0.5) is 0 Å². The number of carbonyl (C=O) groups is 1. The molecule has 0 aliphatic carbocycles. The van der Waals surface area contributed by atoms with Gasteiger partial charge in [-0.2, -0.15) is 0 Å². The van der Waals surface area contributed by atoms with Crippen molar-refractivity contribution in [2.75, 3.05) is 26.7 Å². The van der Waals surface area contributed by atoms with Gasteiger partial charge < -0.3 is 14.7 Å². The van der Waals surface area contributed by atoms with Crippen molar-refractivity contribution < 1.29 is 14.6 Å². The molecule has 1 unspecified atom stereocenters. The largest absolute Gasteiger partial charge is 0.478 e. The van der Waals surface area contributed by atoms with Crippen LogP contribution in [0.3, 0.4) is 0 Å². The van der Waals surface area contributed by atoms with Crippen LogP contribution in [0.5, 0.6) is 0 Å². The molecule has 17 heavy (non-hydrogen) atoms. The van der Waals surface area contributed by atoms with Gasteiger partial charge in [-0.1, -0.05) is 0 Å². The van der Waals surface area contributed by atoms with E-state index in [0.717, 1.165) is 13.1 Å². The van der Waals surface area contributed by atoms with Crippen molar-refractivity contribution in [3.8, 4) is 0 Å². The van der Waals surface area contributed by atoms with Gasteiger partial charge in [0.15, 0.2) is 5.82 Å². The minimum absolute atomic E-state index is 0.137. The highest BCUT2D eigenvalue weighted by atomic mass is 16.5. The molecule has 1 aromatic rings. The van der Waals surface area contributed by atoms with Crippen molar-refractivity contribution in [1.29, 1.82) is 0 Å². The van der Waals surface area contributed by atoms with Gasteiger partial charge in [0.1, 0.15) is 6.10 Å². The summed E-state index contributed by atoms with van der Waals surface area (Å²) in [4.78, 5) is 21.3. The van der Waals surface area contributed by atoms with E-state index in [1.165, 1.54) is 6.20 Å². The third-order valence-electron chi connectivity index (χ3n) is 2.79. The Balaban J connectivity index is 2.22. The molecule has 0 amide bonds. The number of hydrogen-bond donors (Lipinski definition) is 1. The van der Waals surface area contributed by atoms with E-state index in [4.69, 9.17) is 9.84 Å². The predicted octanol–water partition coefficient (Wildman–Crippen LogP) is 0.486. The Hall–Kier alpha value is -1.53. The van der Waals surface area contributed by atoms with Gasteiger partial charge in [0, 0.05) is 19.3 Å². The molecule has 1 aromatic heterocycles. The van der Waals surface area contributed by atoms with Crippen LogP contribution in [0.2, 0.25) is 0 Å². The average molecular weight is 237 g/mol. The lowest BCUT2D eigenvalue weighted by molar-refractivity contribution is -0.0256. The van der Waals surface area contributed by atoms with Crippen LogP contribution in [-0.4, -0.2) is 52.7 Å². The Morgan fingerprint density at radius 3 is 3.00 bits per heavy atom. The summed E-state index contributed by atoms with van der Waals surface area (Å²) in [7, 11) is 2.01. The van der Waals surface area contributed by atoms with Crippen molar-refractivity contribution in [2.45, 2.75) is 13.0 Å². The molecule has 2 rings (SSSR count). The maximum Gasteiger partial charge on any atom is 0.339 e. The number of ether oxygens (including phenoxy) is 1. The van der Waals surface area contributed by atoms with Crippen molar-refractivity contribution in [3.05, 3.63) is 23.3 Å². The number of carboxylic acids is 1. The zero-order valence-electron chi connectivity index (χ0n) is 9.88. The van der Waals surface area contributed by atoms with Crippen LogP contribution in [0.1, 0.15) is 28.0 Å². The lowest BCUT2D eigenvalue weighted by Crippen LogP contribution is -2.36. The topological polar surface area (TPSA) is 75.5 Å². The first-order valence-corrected chi connectivity index (χ1v) is 5.45. The van der Waals surface area contributed by atoms with Gasteiger partial charge in [-0.25, -0.2) is 14.8 Å². The number of carboxylic acid groups (broad SMARTS) is 1. The van der Waals surface area contributed by atoms with E-state index in [1.807, 2.05) is 7.05 Å². The average Bonchev–Trinajstić information content (AvgIpc) is 2.28. The van der Waals surface area contributed by atoms with Gasteiger partial charge in [-0.05, 0) is 14.0 Å². The molecule has 6 heteroatoms. The minimum atomic E-state index is -1.00. The van der Waals surface area contributed by atoms with Crippen LogP contribution < -0.4 is 0 Å². The summed E-state index contributed by atoms with van der Waals surface area (Å²) in [6.07, 6.45) is 1.17. The second-order valence-corrected chi connectivity index (χ2v) is 4.15. The smallest absolute Gasteiger partial charge is 0.339 e. The Morgan fingerprint density at radius 1 is 1.65 bits per heavy atom. The maximum absolute atomic E-state index is 10.8.